The Morgan fingerprint density at radius 1 is 1.36 bits per heavy atom. The van der Waals surface area contributed by atoms with Crippen LogP contribution in [-0.2, 0) is 16.0 Å². The molecule has 1 aromatic carbocycles. The molecule has 1 amide bonds. The van der Waals surface area contributed by atoms with Crippen molar-refractivity contribution >= 4 is 16.9 Å². The number of nitrogens with one attached hydrogen (secondary N) is 1. The molecule has 1 aliphatic heterocycles. The first-order valence-corrected chi connectivity index (χ1v) is 9.34. The molecule has 0 radical (unpaired) electrons. The number of nitrogens with zero attached hydrogens (tertiary/aromatic N) is 2. The van der Waals surface area contributed by atoms with E-state index >= 15 is 0 Å². The Morgan fingerprint density at radius 3 is 2.92 bits per heavy atom. The molecular formula is C20H29N3O2. The van der Waals surface area contributed by atoms with Gasteiger partial charge in [-0.25, -0.2) is 4.98 Å². The predicted molar refractivity (Wildman–Crippen MR) is 99.7 cm³/mol. The number of carbonyl (C=O) groups is 1. The van der Waals surface area contributed by atoms with Crippen LogP contribution >= 0.6 is 0 Å². The molecule has 2 heterocycles. The Kier molecular flexibility index (Phi) is 5.74. The molecule has 1 aliphatic rings. The SMILES string of the molecule is Cc1cc2nc(CCC(=O)N(C)CCC[C@@H]3CCCO3)[nH]c2cc1C. The van der Waals surface area contributed by atoms with E-state index in [2.05, 4.69) is 35.9 Å². The second kappa shape index (κ2) is 8.00. The number of aryl methyl sites for hydroxylation is 3. The lowest BCUT2D eigenvalue weighted by Crippen LogP contribution is -2.28. The van der Waals surface area contributed by atoms with E-state index in [4.69, 9.17) is 4.74 Å². The van der Waals surface area contributed by atoms with E-state index < -0.39 is 0 Å². The van der Waals surface area contributed by atoms with E-state index in [9.17, 15) is 4.79 Å². The highest BCUT2D eigenvalue weighted by atomic mass is 16.5. The van der Waals surface area contributed by atoms with Gasteiger partial charge in [-0.05, 0) is 62.8 Å². The average Bonchev–Trinajstić information content (AvgIpc) is 3.22. The Bertz CT molecular complexity index is 693. The van der Waals surface area contributed by atoms with Crippen LogP contribution in [0.5, 0.6) is 0 Å². The number of ether oxygens (including phenoxy) is 1. The van der Waals surface area contributed by atoms with E-state index in [0.717, 1.165) is 42.9 Å². The molecule has 136 valence electrons. The van der Waals surface area contributed by atoms with Crippen LogP contribution < -0.4 is 0 Å². The van der Waals surface area contributed by atoms with Gasteiger partial charge in [0.25, 0.3) is 0 Å². The summed E-state index contributed by atoms with van der Waals surface area (Å²) in [6.07, 6.45) is 5.97. The van der Waals surface area contributed by atoms with Crippen LogP contribution in [0.15, 0.2) is 12.1 Å². The standard InChI is InChI=1S/C20H29N3O2/c1-14-12-17-18(13-15(14)2)22-19(21-17)8-9-20(24)23(3)10-4-6-16-7-5-11-25-16/h12-13,16H,4-11H2,1-3H3,(H,21,22)/t16-/m1/s1. The van der Waals surface area contributed by atoms with Crippen molar-refractivity contribution in [2.45, 2.75) is 58.5 Å². The Hall–Kier alpha value is -1.88. The second-order valence-electron chi connectivity index (χ2n) is 7.23. The fourth-order valence-corrected chi connectivity index (χ4v) is 3.41. The number of carbonyl (C=O) groups excluding carboxylic acids is 1. The zero-order valence-corrected chi connectivity index (χ0v) is 15.6. The lowest BCUT2D eigenvalue weighted by molar-refractivity contribution is -0.130. The minimum absolute atomic E-state index is 0.181. The normalized spacial score (nSPS) is 17.3. The summed E-state index contributed by atoms with van der Waals surface area (Å²) < 4.78 is 5.63. The van der Waals surface area contributed by atoms with Crippen molar-refractivity contribution in [3.63, 3.8) is 0 Å². The fraction of sp³-hybridized carbons (Fsp3) is 0.600. The van der Waals surface area contributed by atoms with E-state index in [1.54, 1.807) is 0 Å². The number of hydrogen-bond donors (Lipinski definition) is 1. The third-order valence-electron chi connectivity index (χ3n) is 5.19. The predicted octanol–water partition coefficient (Wildman–Crippen LogP) is 3.53. The molecule has 0 saturated carbocycles. The van der Waals surface area contributed by atoms with Crippen LogP contribution in [0.2, 0.25) is 0 Å². The van der Waals surface area contributed by atoms with E-state index in [1.165, 1.54) is 24.0 Å². The molecule has 3 rings (SSSR count). The number of hydrogen-bond acceptors (Lipinski definition) is 3. The van der Waals surface area contributed by atoms with Crippen molar-refractivity contribution in [2.75, 3.05) is 20.2 Å². The first-order valence-electron chi connectivity index (χ1n) is 9.34. The van der Waals surface area contributed by atoms with Crippen molar-refractivity contribution in [1.29, 1.82) is 0 Å². The van der Waals surface area contributed by atoms with Crippen LogP contribution in [0.1, 0.15) is 49.1 Å². The second-order valence-corrected chi connectivity index (χ2v) is 7.23. The van der Waals surface area contributed by atoms with Crippen molar-refractivity contribution in [3.05, 3.63) is 29.1 Å². The highest BCUT2D eigenvalue weighted by Gasteiger charge is 2.16. The van der Waals surface area contributed by atoms with E-state index in [1.807, 2.05) is 11.9 Å². The van der Waals surface area contributed by atoms with Gasteiger partial charge in [-0.3, -0.25) is 4.79 Å². The molecule has 1 N–H and O–H groups in total. The largest absolute Gasteiger partial charge is 0.378 e. The Labute approximate surface area is 149 Å². The third kappa shape index (κ3) is 4.60. The van der Waals surface area contributed by atoms with Gasteiger partial charge in [-0.1, -0.05) is 0 Å². The molecule has 5 nitrogen and oxygen atoms in total. The minimum Gasteiger partial charge on any atom is -0.378 e. The number of aromatic amines is 1. The molecule has 5 heteroatoms. The zero-order chi connectivity index (χ0) is 17.8. The van der Waals surface area contributed by atoms with Crippen LogP contribution in [0.25, 0.3) is 11.0 Å². The van der Waals surface area contributed by atoms with Gasteiger partial charge in [0.2, 0.25) is 5.91 Å². The highest BCUT2D eigenvalue weighted by Crippen LogP contribution is 2.18. The van der Waals surface area contributed by atoms with Gasteiger partial charge in [0.1, 0.15) is 5.82 Å². The average molecular weight is 343 g/mol. The Morgan fingerprint density at radius 2 is 2.16 bits per heavy atom. The van der Waals surface area contributed by atoms with Gasteiger partial charge in [0, 0.05) is 33.0 Å². The van der Waals surface area contributed by atoms with Gasteiger partial charge in [-0.15, -0.1) is 0 Å². The monoisotopic (exact) mass is 343 g/mol. The molecule has 0 aliphatic carbocycles. The zero-order valence-electron chi connectivity index (χ0n) is 15.6. The summed E-state index contributed by atoms with van der Waals surface area (Å²) in [6.45, 7) is 5.90. The van der Waals surface area contributed by atoms with Crippen LogP contribution in [0.4, 0.5) is 0 Å². The summed E-state index contributed by atoms with van der Waals surface area (Å²) in [4.78, 5) is 22.1. The molecule has 0 spiro atoms. The van der Waals surface area contributed by atoms with Crippen molar-refractivity contribution < 1.29 is 9.53 Å². The molecular weight excluding hydrogens is 314 g/mol. The summed E-state index contributed by atoms with van der Waals surface area (Å²) in [5.74, 6) is 1.07. The van der Waals surface area contributed by atoms with Gasteiger partial charge in [-0.2, -0.15) is 0 Å². The molecule has 25 heavy (non-hydrogen) atoms. The molecule has 1 aromatic heterocycles. The summed E-state index contributed by atoms with van der Waals surface area (Å²) >= 11 is 0. The molecule has 1 saturated heterocycles. The lowest BCUT2D eigenvalue weighted by atomic mass is 10.1. The number of H-pyrrole nitrogens is 1. The van der Waals surface area contributed by atoms with Gasteiger partial charge in [0.15, 0.2) is 0 Å². The molecule has 0 unspecified atom stereocenters. The molecule has 1 atom stereocenters. The number of amides is 1. The third-order valence-corrected chi connectivity index (χ3v) is 5.19. The van der Waals surface area contributed by atoms with E-state index in [-0.39, 0.29) is 5.91 Å². The van der Waals surface area contributed by atoms with Gasteiger partial charge in [0.05, 0.1) is 17.1 Å². The van der Waals surface area contributed by atoms with Crippen molar-refractivity contribution in [3.8, 4) is 0 Å². The van der Waals surface area contributed by atoms with Crippen molar-refractivity contribution in [1.82, 2.24) is 14.9 Å². The number of fused-ring (bicyclic) bond motifs is 1. The van der Waals surface area contributed by atoms with Crippen molar-refractivity contribution in [2.24, 2.45) is 0 Å². The lowest BCUT2D eigenvalue weighted by Gasteiger charge is -2.18. The van der Waals surface area contributed by atoms with Gasteiger partial charge < -0.3 is 14.6 Å². The van der Waals surface area contributed by atoms with Crippen LogP contribution in [0.3, 0.4) is 0 Å². The smallest absolute Gasteiger partial charge is 0.222 e. The minimum atomic E-state index is 0.181. The molecule has 0 bridgehead atoms. The summed E-state index contributed by atoms with van der Waals surface area (Å²) in [6, 6.07) is 4.23. The fourth-order valence-electron chi connectivity index (χ4n) is 3.41. The molecule has 1 fully saturated rings. The van der Waals surface area contributed by atoms with E-state index in [0.29, 0.717) is 18.9 Å². The van der Waals surface area contributed by atoms with Crippen LogP contribution in [-0.4, -0.2) is 47.1 Å². The summed E-state index contributed by atoms with van der Waals surface area (Å²) in [5.41, 5.74) is 4.53. The first kappa shape index (κ1) is 17.9. The first-order chi connectivity index (χ1) is 12.0. The highest BCUT2D eigenvalue weighted by molar-refractivity contribution is 5.78. The molecule has 2 aromatic rings. The maximum atomic E-state index is 12.3. The number of aromatic nitrogens is 2. The number of imidazole rings is 1. The quantitative estimate of drug-likeness (QED) is 0.837. The van der Waals surface area contributed by atoms with Gasteiger partial charge >= 0.3 is 0 Å². The Balaban J connectivity index is 1.46. The summed E-state index contributed by atoms with van der Waals surface area (Å²) in [7, 11) is 1.89. The number of benzene rings is 1. The maximum Gasteiger partial charge on any atom is 0.222 e. The summed E-state index contributed by atoms with van der Waals surface area (Å²) in [5, 5.41) is 0. The topological polar surface area (TPSA) is 58.2 Å². The number of rotatable bonds is 7. The maximum absolute atomic E-state index is 12.3. The van der Waals surface area contributed by atoms with Crippen LogP contribution in [0, 0.1) is 13.8 Å².